The number of methoxy groups -OCH3 is 1. The Hall–Kier alpha value is -2.40. The minimum absolute atomic E-state index is 0.134. The molecule has 0 radical (unpaired) electrons. The average Bonchev–Trinajstić information content (AvgIpc) is 2.55. The molecular weight excluding hydrogens is 306 g/mol. The lowest BCUT2D eigenvalue weighted by molar-refractivity contribution is 0.180. The Balaban J connectivity index is 1.85. The molecule has 2 rings (SSSR count). The molecule has 0 heterocycles. The summed E-state index contributed by atoms with van der Waals surface area (Å²) in [5.74, 6) is 2.20. The van der Waals surface area contributed by atoms with E-state index in [1.165, 1.54) is 7.11 Å². The molecule has 0 aliphatic heterocycles. The van der Waals surface area contributed by atoms with E-state index in [1.807, 2.05) is 51.1 Å². The Bertz CT molecular complexity index is 640. The van der Waals surface area contributed by atoms with E-state index in [2.05, 4.69) is 5.32 Å². The van der Waals surface area contributed by atoms with Gasteiger partial charge in [-0.3, -0.25) is 5.32 Å². The van der Waals surface area contributed by atoms with Gasteiger partial charge in [-0.1, -0.05) is 6.07 Å². The molecule has 0 saturated heterocycles. The third-order valence-corrected chi connectivity index (χ3v) is 3.35. The van der Waals surface area contributed by atoms with Crippen LogP contribution in [0.5, 0.6) is 23.0 Å². The monoisotopic (exact) mass is 331 g/mol. The number of nitrogens with one attached hydrogen (secondary N) is 1. The number of phenolic OH excluding ortho intramolecular Hbond substituents is 1. The molecule has 24 heavy (non-hydrogen) atoms. The average molecular weight is 331 g/mol. The van der Waals surface area contributed by atoms with Crippen LogP contribution in [0.1, 0.15) is 26.3 Å². The number of phenols is 1. The highest BCUT2D eigenvalue weighted by molar-refractivity contribution is 5.41. The van der Waals surface area contributed by atoms with Crippen molar-refractivity contribution >= 4 is 0 Å². The molecule has 0 bridgehead atoms. The van der Waals surface area contributed by atoms with Gasteiger partial charge in [-0.05, 0) is 62.7 Å². The molecule has 2 N–H and O–H groups in total. The molecule has 2 aromatic rings. The van der Waals surface area contributed by atoms with E-state index in [1.54, 1.807) is 12.1 Å². The predicted octanol–water partition coefficient (Wildman–Crippen LogP) is 3.70. The van der Waals surface area contributed by atoms with Crippen molar-refractivity contribution in [3.63, 3.8) is 0 Å². The first-order valence-electron chi connectivity index (χ1n) is 8.00. The maximum Gasteiger partial charge on any atom is 0.160 e. The van der Waals surface area contributed by atoms with Gasteiger partial charge in [-0.25, -0.2) is 0 Å². The Morgan fingerprint density at radius 3 is 2.17 bits per heavy atom. The van der Waals surface area contributed by atoms with E-state index in [0.717, 1.165) is 17.1 Å². The zero-order valence-electron chi connectivity index (χ0n) is 14.6. The highest BCUT2D eigenvalue weighted by Crippen LogP contribution is 2.26. The third-order valence-electron chi connectivity index (χ3n) is 3.35. The first-order valence-corrected chi connectivity index (χ1v) is 8.00. The van der Waals surface area contributed by atoms with Crippen LogP contribution in [0.2, 0.25) is 0 Å². The van der Waals surface area contributed by atoms with Crippen LogP contribution in [-0.4, -0.2) is 24.5 Å². The zero-order valence-corrected chi connectivity index (χ0v) is 14.6. The van der Waals surface area contributed by atoms with E-state index < -0.39 is 0 Å². The maximum absolute atomic E-state index is 9.60. The van der Waals surface area contributed by atoms with Crippen LogP contribution in [0.15, 0.2) is 42.5 Å². The van der Waals surface area contributed by atoms with E-state index in [-0.39, 0.29) is 18.1 Å². The molecule has 0 aliphatic carbocycles. The smallest absolute Gasteiger partial charge is 0.160 e. The van der Waals surface area contributed by atoms with Gasteiger partial charge >= 0.3 is 0 Å². The summed E-state index contributed by atoms with van der Waals surface area (Å²) in [6, 6.07) is 12.8. The van der Waals surface area contributed by atoms with Crippen molar-refractivity contribution in [2.45, 2.75) is 39.6 Å². The largest absolute Gasteiger partial charge is 0.504 e. The number of ether oxygens (including phenoxy) is 3. The molecule has 0 aromatic heterocycles. The molecular formula is C19H25NO4. The molecule has 0 spiro atoms. The zero-order chi connectivity index (χ0) is 17.5. The van der Waals surface area contributed by atoms with E-state index in [4.69, 9.17) is 14.2 Å². The normalized spacial score (nSPS) is 12.0. The van der Waals surface area contributed by atoms with Crippen molar-refractivity contribution < 1.29 is 19.3 Å². The van der Waals surface area contributed by atoms with E-state index in [9.17, 15) is 5.11 Å². The molecule has 5 nitrogen and oxygen atoms in total. The van der Waals surface area contributed by atoms with Gasteiger partial charge in [-0.15, -0.1) is 0 Å². The lowest BCUT2D eigenvalue weighted by Gasteiger charge is -2.17. The van der Waals surface area contributed by atoms with Crippen LogP contribution in [0.25, 0.3) is 0 Å². The summed E-state index contributed by atoms with van der Waals surface area (Å²) < 4.78 is 16.5. The number of benzene rings is 2. The Labute approximate surface area is 143 Å². The number of rotatable bonds is 8. The van der Waals surface area contributed by atoms with E-state index >= 15 is 0 Å². The van der Waals surface area contributed by atoms with Crippen LogP contribution < -0.4 is 19.5 Å². The third kappa shape index (κ3) is 5.35. The topological polar surface area (TPSA) is 60.0 Å². The van der Waals surface area contributed by atoms with Crippen molar-refractivity contribution in [2.24, 2.45) is 0 Å². The molecule has 0 amide bonds. The second kappa shape index (κ2) is 8.45. The minimum atomic E-state index is -0.165. The molecule has 2 aromatic carbocycles. The SMILES string of the molecule is COc1cc(CNC(C)Oc2ccc(OC(C)C)cc2)ccc1O. The fraction of sp³-hybridized carbons (Fsp3) is 0.368. The quantitative estimate of drug-likeness (QED) is 0.722. The van der Waals surface area contributed by atoms with E-state index in [0.29, 0.717) is 12.3 Å². The predicted molar refractivity (Wildman–Crippen MR) is 93.8 cm³/mol. The standard InChI is InChI=1S/C19H25NO4/c1-13(2)23-16-6-8-17(9-7-16)24-14(3)20-12-15-5-10-18(21)19(11-15)22-4/h5-11,13-14,20-21H,12H2,1-4H3. The van der Waals surface area contributed by atoms with Crippen molar-refractivity contribution in [2.75, 3.05) is 7.11 Å². The van der Waals surface area contributed by atoms with Gasteiger partial charge in [0.2, 0.25) is 0 Å². The van der Waals surface area contributed by atoms with Gasteiger partial charge in [0.15, 0.2) is 11.5 Å². The molecule has 1 atom stereocenters. The van der Waals surface area contributed by atoms with Gasteiger partial charge < -0.3 is 19.3 Å². The van der Waals surface area contributed by atoms with Gasteiger partial charge in [0.05, 0.1) is 13.2 Å². The number of hydrogen-bond acceptors (Lipinski definition) is 5. The second-order valence-corrected chi connectivity index (χ2v) is 5.79. The second-order valence-electron chi connectivity index (χ2n) is 5.79. The fourth-order valence-corrected chi connectivity index (χ4v) is 2.21. The van der Waals surface area contributed by atoms with Crippen molar-refractivity contribution in [3.05, 3.63) is 48.0 Å². The molecule has 0 saturated carbocycles. The summed E-state index contributed by atoms with van der Waals surface area (Å²) in [6.45, 7) is 6.53. The Kier molecular flexibility index (Phi) is 6.32. The first-order chi connectivity index (χ1) is 11.5. The van der Waals surface area contributed by atoms with Gasteiger partial charge in [0.1, 0.15) is 17.7 Å². The van der Waals surface area contributed by atoms with Crippen LogP contribution >= 0.6 is 0 Å². The van der Waals surface area contributed by atoms with Crippen molar-refractivity contribution in [1.82, 2.24) is 5.32 Å². The summed E-state index contributed by atoms with van der Waals surface area (Å²) in [4.78, 5) is 0. The van der Waals surface area contributed by atoms with Gasteiger partial charge in [0, 0.05) is 6.54 Å². The molecule has 0 fully saturated rings. The summed E-state index contributed by atoms with van der Waals surface area (Å²) >= 11 is 0. The Morgan fingerprint density at radius 2 is 1.58 bits per heavy atom. The molecule has 0 aliphatic rings. The summed E-state index contributed by atoms with van der Waals surface area (Å²) in [6.07, 6.45) is -0.0127. The lowest BCUT2D eigenvalue weighted by Crippen LogP contribution is -2.30. The Morgan fingerprint density at radius 1 is 0.958 bits per heavy atom. The van der Waals surface area contributed by atoms with Crippen molar-refractivity contribution in [3.8, 4) is 23.0 Å². The molecule has 130 valence electrons. The van der Waals surface area contributed by atoms with Crippen LogP contribution in [0.3, 0.4) is 0 Å². The van der Waals surface area contributed by atoms with Crippen LogP contribution in [-0.2, 0) is 6.54 Å². The molecule has 1 unspecified atom stereocenters. The first kappa shape index (κ1) is 17.9. The van der Waals surface area contributed by atoms with Crippen LogP contribution in [0, 0.1) is 0 Å². The van der Waals surface area contributed by atoms with Crippen LogP contribution in [0.4, 0.5) is 0 Å². The number of aromatic hydroxyl groups is 1. The maximum atomic E-state index is 9.60. The summed E-state index contributed by atoms with van der Waals surface area (Å²) in [5, 5.41) is 12.9. The fourth-order valence-electron chi connectivity index (χ4n) is 2.21. The lowest BCUT2D eigenvalue weighted by atomic mass is 10.2. The van der Waals surface area contributed by atoms with Crippen molar-refractivity contribution in [1.29, 1.82) is 0 Å². The molecule has 5 heteroatoms. The number of hydrogen-bond donors (Lipinski definition) is 2. The van der Waals surface area contributed by atoms with Gasteiger partial charge in [0.25, 0.3) is 0 Å². The minimum Gasteiger partial charge on any atom is -0.504 e. The highest BCUT2D eigenvalue weighted by atomic mass is 16.5. The highest BCUT2D eigenvalue weighted by Gasteiger charge is 2.07. The summed E-state index contributed by atoms with van der Waals surface area (Å²) in [7, 11) is 1.53. The van der Waals surface area contributed by atoms with Gasteiger partial charge in [-0.2, -0.15) is 0 Å². The summed E-state index contributed by atoms with van der Waals surface area (Å²) in [5.41, 5.74) is 1.00.